The van der Waals surface area contributed by atoms with Gasteiger partial charge in [0.25, 0.3) is 0 Å². The van der Waals surface area contributed by atoms with Gasteiger partial charge in [-0.1, -0.05) is 12.1 Å². The molecule has 2 amide bonds. The summed E-state index contributed by atoms with van der Waals surface area (Å²) < 4.78 is 19.1. The molecule has 6 heteroatoms. The van der Waals surface area contributed by atoms with E-state index in [0.717, 1.165) is 32.4 Å². The quantitative estimate of drug-likeness (QED) is 0.704. The maximum atomic E-state index is 13.3. The minimum absolute atomic E-state index is 0.181. The number of para-hydroxylation sites is 1. The number of hydrogen-bond acceptors (Lipinski definition) is 3. The van der Waals surface area contributed by atoms with Crippen LogP contribution in [0, 0.1) is 5.82 Å². The van der Waals surface area contributed by atoms with Crippen LogP contribution in [0.1, 0.15) is 19.3 Å². The molecule has 3 N–H and O–H groups in total. The molecule has 116 valence electrons. The van der Waals surface area contributed by atoms with Gasteiger partial charge in [0, 0.05) is 13.2 Å². The molecular weight excluding hydrogens is 273 g/mol. The number of amides is 2. The Kier molecular flexibility index (Phi) is 6.43. The van der Waals surface area contributed by atoms with Crippen molar-refractivity contribution in [3.05, 3.63) is 30.1 Å². The topological polar surface area (TPSA) is 62.4 Å². The average molecular weight is 295 g/mol. The van der Waals surface area contributed by atoms with E-state index in [1.165, 1.54) is 12.1 Å². The summed E-state index contributed by atoms with van der Waals surface area (Å²) >= 11 is 0. The maximum absolute atomic E-state index is 13.3. The highest BCUT2D eigenvalue weighted by molar-refractivity contribution is 5.89. The van der Waals surface area contributed by atoms with Gasteiger partial charge >= 0.3 is 6.03 Å². The van der Waals surface area contributed by atoms with E-state index in [9.17, 15) is 9.18 Å². The van der Waals surface area contributed by atoms with Crippen LogP contribution in [0.3, 0.4) is 0 Å². The highest BCUT2D eigenvalue weighted by Crippen LogP contribution is 2.11. The third-order valence-corrected chi connectivity index (χ3v) is 3.37. The van der Waals surface area contributed by atoms with Crippen LogP contribution in [-0.2, 0) is 4.74 Å². The van der Waals surface area contributed by atoms with Gasteiger partial charge in [0.2, 0.25) is 0 Å². The molecule has 0 bridgehead atoms. The number of nitrogens with one attached hydrogen (secondary N) is 3. The lowest BCUT2D eigenvalue weighted by Crippen LogP contribution is -2.33. The Morgan fingerprint density at radius 3 is 2.86 bits per heavy atom. The molecule has 0 aliphatic carbocycles. The number of anilines is 1. The summed E-state index contributed by atoms with van der Waals surface area (Å²) in [5.41, 5.74) is 0.181. The molecule has 1 aliphatic rings. The van der Waals surface area contributed by atoms with Crippen molar-refractivity contribution in [2.24, 2.45) is 0 Å². The zero-order chi connectivity index (χ0) is 14.9. The highest BCUT2D eigenvalue weighted by atomic mass is 19.1. The molecule has 1 fully saturated rings. The molecule has 1 aromatic rings. The van der Waals surface area contributed by atoms with Crippen LogP contribution in [-0.4, -0.2) is 38.4 Å². The van der Waals surface area contributed by atoms with Crippen molar-refractivity contribution in [2.75, 3.05) is 31.6 Å². The molecular formula is C15H22FN3O2. The van der Waals surface area contributed by atoms with E-state index in [4.69, 9.17) is 4.74 Å². The van der Waals surface area contributed by atoms with Crippen molar-refractivity contribution in [3.8, 4) is 0 Å². The van der Waals surface area contributed by atoms with Gasteiger partial charge in [-0.2, -0.15) is 0 Å². The zero-order valence-electron chi connectivity index (χ0n) is 12.0. The molecule has 0 spiro atoms. The number of rotatable bonds is 6. The smallest absolute Gasteiger partial charge is 0.319 e. The molecule has 2 rings (SSSR count). The second-order valence-corrected chi connectivity index (χ2v) is 5.03. The molecule has 5 nitrogen and oxygen atoms in total. The molecule has 0 radical (unpaired) electrons. The first kappa shape index (κ1) is 15.7. The van der Waals surface area contributed by atoms with Crippen molar-refractivity contribution in [3.63, 3.8) is 0 Å². The van der Waals surface area contributed by atoms with Crippen LogP contribution in [0.2, 0.25) is 0 Å². The Hall–Kier alpha value is -1.66. The normalized spacial score (nSPS) is 15.7. The molecule has 0 atom stereocenters. The monoisotopic (exact) mass is 295 g/mol. The van der Waals surface area contributed by atoms with E-state index >= 15 is 0 Å². The van der Waals surface area contributed by atoms with Crippen molar-refractivity contribution in [1.29, 1.82) is 0 Å². The average Bonchev–Trinajstić information content (AvgIpc) is 2.50. The number of hydrogen-bond donors (Lipinski definition) is 3. The van der Waals surface area contributed by atoms with Gasteiger partial charge in [-0.3, -0.25) is 0 Å². The third kappa shape index (κ3) is 5.69. The Bertz CT molecular complexity index is 450. The molecule has 0 saturated carbocycles. The molecule has 0 unspecified atom stereocenters. The summed E-state index contributed by atoms with van der Waals surface area (Å²) in [5.74, 6) is -0.443. The van der Waals surface area contributed by atoms with E-state index < -0.39 is 11.8 Å². The van der Waals surface area contributed by atoms with E-state index in [2.05, 4.69) is 16.0 Å². The Morgan fingerprint density at radius 2 is 2.10 bits per heavy atom. The Balaban J connectivity index is 1.56. The van der Waals surface area contributed by atoms with Gasteiger partial charge in [0.05, 0.1) is 11.8 Å². The van der Waals surface area contributed by atoms with E-state index in [1.807, 2.05) is 0 Å². The summed E-state index contributed by atoms with van der Waals surface area (Å²) in [6.07, 6.45) is 3.16. The molecule has 1 heterocycles. The minimum atomic E-state index is -0.443. The zero-order valence-corrected chi connectivity index (χ0v) is 12.0. The summed E-state index contributed by atoms with van der Waals surface area (Å²) in [6, 6.07) is 5.68. The summed E-state index contributed by atoms with van der Waals surface area (Å²) in [6.45, 7) is 3.15. The third-order valence-electron chi connectivity index (χ3n) is 3.37. The van der Waals surface area contributed by atoms with Crippen LogP contribution in [0.15, 0.2) is 24.3 Å². The van der Waals surface area contributed by atoms with Gasteiger partial charge in [0.15, 0.2) is 0 Å². The summed E-state index contributed by atoms with van der Waals surface area (Å²) in [5, 5.41) is 8.45. The number of ether oxygens (including phenoxy) is 1. The lowest BCUT2D eigenvalue weighted by Gasteiger charge is -2.22. The van der Waals surface area contributed by atoms with Crippen molar-refractivity contribution < 1.29 is 13.9 Å². The fraction of sp³-hybridized carbons (Fsp3) is 0.533. The van der Waals surface area contributed by atoms with E-state index in [-0.39, 0.29) is 5.69 Å². The molecule has 1 aliphatic heterocycles. The van der Waals surface area contributed by atoms with E-state index in [0.29, 0.717) is 19.3 Å². The highest BCUT2D eigenvalue weighted by Gasteiger charge is 2.12. The molecule has 0 aromatic heterocycles. The van der Waals surface area contributed by atoms with Gasteiger partial charge in [-0.15, -0.1) is 0 Å². The van der Waals surface area contributed by atoms with Crippen molar-refractivity contribution >= 4 is 11.7 Å². The van der Waals surface area contributed by atoms with Gasteiger partial charge in [-0.05, 0) is 44.5 Å². The minimum Gasteiger partial charge on any atom is -0.378 e. The van der Waals surface area contributed by atoms with Crippen LogP contribution >= 0.6 is 0 Å². The summed E-state index contributed by atoms with van der Waals surface area (Å²) in [7, 11) is 0. The lowest BCUT2D eigenvalue weighted by molar-refractivity contribution is 0.0321. The largest absolute Gasteiger partial charge is 0.378 e. The first-order valence-corrected chi connectivity index (χ1v) is 7.37. The number of benzene rings is 1. The van der Waals surface area contributed by atoms with Crippen LogP contribution in [0.4, 0.5) is 14.9 Å². The number of piperidine rings is 1. The fourth-order valence-electron chi connectivity index (χ4n) is 2.22. The van der Waals surface area contributed by atoms with Crippen LogP contribution < -0.4 is 16.0 Å². The number of urea groups is 1. The van der Waals surface area contributed by atoms with Gasteiger partial charge < -0.3 is 20.7 Å². The number of carbonyl (C=O) groups is 1. The van der Waals surface area contributed by atoms with Gasteiger partial charge in [-0.25, -0.2) is 9.18 Å². The number of carbonyl (C=O) groups excluding carboxylic acids is 1. The number of halogens is 1. The summed E-state index contributed by atoms with van der Waals surface area (Å²) in [4.78, 5) is 11.6. The van der Waals surface area contributed by atoms with Crippen molar-refractivity contribution in [2.45, 2.75) is 25.4 Å². The molecule has 21 heavy (non-hydrogen) atoms. The van der Waals surface area contributed by atoms with Crippen molar-refractivity contribution in [1.82, 2.24) is 10.6 Å². The lowest BCUT2D eigenvalue weighted by atomic mass is 10.1. The Morgan fingerprint density at radius 1 is 1.33 bits per heavy atom. The molecule has 1 saturated heterocycles. The Labute approximate surface area is 124 Å². The standard InChI is InChI=1S/C15H22FN3O2/c16-13-4-1-2-5-14(13)19-15(20)18-8-3-11-21-12-6-9-17-10-7-12/h1-2,4-5,12,17H,3,6-11H2,(H2,18,19,20). The SMILES string of the molecule is O=C(NCCCOC1CCNCC1)Nc1ccccc1F. The van der Waals surface area contributed by atoms with Crippen LogP contribution in [0.25, 0.3) is 0 Å². The predicted molar refractivity (Wildman–Crippen MR) is 79.9 cm³/mol. The van der Waals surface area contributed by atoms with E-state index in [1.54, 1.807) is 12.1 Å². The second-order valence-electron chi connectivity index (χ2n) is 5.03. The predicted octanol–water partition coefficient (Wildman–Crippen LogP) is 2.11. The first-order chi connectivity index (χ1) is 10.3. The van der Waals surface area contributed by atoms with Gasteiger partial charge in [0.1, 0.15) is 5.82 Å². The second kappa shape index (κ2) is 8.59. The van der Waals surface area contributed by atoms with Crippen LogP contribution in [0.5, 0.6) is 0 Å². The first-order valence-electron chi connectivity index (χ1n) is 7.37. The molecule has 1 aromatic carbocycles. The maximum Gasteiger partial charge on any atom is 0.319 e. The fourth-order valence-corrected chi connectivity index (χ4v) is 2.22.